The van der Waals surface area contributed by atoms with E-state index in [9.17, 15) is 10.1 Å². The zero-order valence-electron chi connectivity index (χ0n) is 7.96. The zero-order chi connectivity index (χ0) is 12.1. The highest BCUT2D eigenvalue weighted by Crippen LogP contribution is 2.29. The number of rotatable bonds is 4. The topological polar surface area (TPSA) is 111 Å². The molecule has 0 aliphatic heterocycles. The highest BCUT2D eigenvalue weighted by Gasteiger charge is 2.15. The van der Waals surface area contributed by atoms with Gasteiger partial charge < -0.3 is 15.7 Å². The molecule has 0 aliphatic rings. The molecule has 8 heteroatoms. The largest absolute Gasteiger partial charge is 0.479 e. The van der Waals surface area contributed by atoms with Crippen molar-refractivity contribution >= 4 is 23.1 Å². The van der Waals surface area contributed by atoms with Gasteiger partial charge in [0.1, 0.15) is 6.61 Å². The molecular weight excluding hydrogens is 238 g/mol. The smallest absolute Gasteiger partial charge is 0.311 e. The van der Waals surface area contributed by atoms with Gasteiger partial charge in [0.15, 0.2) is 11.6 Å². The molecule has 1 aromatic carbocycles. The molecule has 0 aliphatic carbocycles. The molecule has 86 valence electrons. The van der Waals surface area contributed by atoms with Crippen molar-refractivity contribution in [2.24, 2.45) is 10.9 Å². The first kappa shape index (κ1) is 12.1. The van der Waals surface area contributed by atoms with Crippen molar-refractivity contribution < 1.29 is 14.9 Å². The molecule has 0 heterocycles. The van der Waals surface area contributed by atoms with Crippen LogP contribution in [0, 0.1) is 10.1 Å². The molecule has 0 fully saturated rings. The molecule has 0 atom stereocenters. The van der Waals surface area contributed by atoms with Crippen molar-refractivity contribution in [3.05, 3.63) is 33.3 Å². The molecule has 3 N–H and O–H groups in total. The van der Waals surface area contributed by atoms with Gasteiger partial charge in [-0.3, -0.25) is 10.1 Å². The van der Waals surface area contributed by atoms with Crippen molar-refractivity contribution in [2.45, 2.75) is 0 Å². The van der Waals surface area contributed by atoms with Gasteiger partial charge in [0.2, 0.25) is 0 Å². The van der Waals surface area contributed by atoms with Crippen LogP contribution >= 0.6 is 11.6 Å². The summed E-state index contributed by atoms with van der Waals surface area (Å²) in [5.74, 6) is -0.238. The van der Waals surface area contributed by atoms with Crippen molar-refractivity contribution in [1.82, 2.24) is 0 Å². The highest BCUT2D eigenvalue weighted by molar-refractivity contribution is 6.30. The molecule has 0 aromatic heterocycles. The van der Waals surface area contributed by atoms with Gasteiger partial charge in [0, 0.05) is 17.2 Å². The Kier molecular flexibility index (Phi) is 3.90. The first-order valence-corrected chi connectivity index (χ1v) is 4.45. The lowest BCUT2D eigenvalue weighted by molar-refractivity contribution is -0.385. The summed E-state index contributed by atoms with van der Waals surface area (Å²) < 4.78 is 4.99. The molecule has 7 nitrogen and oxygen atoms in total. The maximum atomic E-state index is 10.6. The predicted molar refractivity (Wildman–Crippen MR) is 57.0 cm³/mol. The van der Waals surface area contributed by atoms with Crippen LogP contribution in [0.15, 0.2) is 23.4 Å². The summed E-state index contributed by atoms with van der Waals surface area (Å²) in [6.07, 6.45) is 0. The van der Waals surface area contributed by atoms with Gasteiger partial charge in [-0.2, -0.15) is 0 Å². The molecule has 0 unspecified atom stereocenters. The molecular formula is C8H8ClN3O4. The number of nitro groups is 1. The molecule has 0 spiro atoms. The fraction of sp³-hybridized carbons (Fsp3) is 0.125. The number of benzene rings is 1. The van der Waals surface area contributed by atoms with Gasteiger partial charge in [-0.25, -0.2) is 0 Å². The average Bonchev–Trinajstić information content (AvgIpc) is 2.25. The van der Waals surface area contributed by atoms with Crippen molar-refractivity contribution in [3.8, 4) is 5.75 Å². The van der Waals surface area contributed by atoms with E-state index in [1.807, 2.05) is 0 Å². The Morgan fingerprint density at radius 1 is 1.69 bits per heavy atom. The van der Waals surface area contributed by atoms with Gasteiger partial charge in [0.25, 0.3) is 0 Å². The SMILES string of the molecule is NC(COc1cc(Cl)ccc1[N+](=O)[O-])=NO. The maximum absolute atomic E-state index is 10.6. The number of hydrogen-bond acceptors (Lipinski definition) is 5. The third-order valence-corrected chi connectivity index (χ3v) is 1.86. The highest BCUT2D eigenvalue weighted by atomic mass is 35.5. The summed E-state index contributed by atoms with van der Waals surface area (Å²) >= 11 is 5.66. The number of halogens is 1. The summed E-state index contributed by atoms with van der Waals surface area (Å²) in [6.45, 7) is -0.266. The fourth-order valence-corrected chi connectivity index (χ4v) is 1.10. The first-order valence-electron chi connectivity index (χ1n) is 4.07. The number of nitrogens with two attached hydrogens (primary N) is 1. The minimum atomic E-state index is -0.613. The summed E-state index contributed by atoms with van der Waals surface area (Å²) in [5.41, 5.74) is 4.92. The van der Waals surface area contributed by atoms with E-state index in [1.165, 1.54) is 18.2 Å². The lowest BCUT2D eigenvalue weighted by Gasteiger charge is -2.05. The van der Waals surface area contributed by atoms with Gasteiger partial charge in [-0.05, 0) is 6.07 Å². The molecule has 1 aromatic rings. The third-order valence-electron chi connectivity index (χ3n) is 1.62. The van der Waals surface area contributed by atoms with Crippen LogP contribution in [0.25, 0.3) is 0 Å². The Hall–Kier alpha value is -2.02. The second-order valence-electron chi connectivity index (χ2n) is 2.75. The van der Waals surface area contributed by atoms with E-state index in [0.717, 1.165) is 0 Å². The molecule has 0 amide bonds. The van der Waals surface area contributed by atoms with Crippen LogP contribution in [0.2, 0.25) is 5.02 Å². The Morgan fingerprint density at radius 2 is 2.38 bits per heavy atom. The predicted octanol–water partition coefficient (Wildman–Crippen LogP) is 1.37. The van der Waals surface area contributed by atoms with Crippen LogP contribution in [-0.2, 0) is 0 Å². The van der Waals surface area contributed by atoms with Crippen LogP contribution in [0.3, 0.4) is 0 Å². The van der Waals surface area contributed by atoms with Crippen molar-refractivity contribution in [3.63, 3.8) is 0 Å². The van der Waals surface area contributed by atoms with E-state index in [4.69, 9.17) is 27.3 Å². The number of amidine groups is 1. The lowest BCUT2D eigenvalue weighted by Crippen LogP contribution is -2.21. The monoisotopic (exact) mass is 245 g/mol. The quantitative estimate of drug-likeness (QED) is 0.274. The number of nitrogens with zero attached hydrogens (tertiary/aromatic N) is 2. The lowest BCUT2D eigenvalue weighted by atomic mass is 10.3. The second-order valence-corrected chi connectivity index (χ2v) is 3.19. The number of hydrogen-bond donors (Lipinski definition) is 2. The van der Waals surface area contributed by atoms with E-state index in [2.05, 4.69) is 5.16 Å². The third kappa shape index (κ3) is 2.99. The Labute approximate surface area is 95.2 Å². The molecule has 0 radical (unpaired) electrons. The fourth-order valence-electron chi connectivity index (χ4n) is 0.935. The molecule has 0 saturated carbocycles. The van der Waals surface area contributed by atoms with Crippen LogP contribution in [0.5, 0.6) is 5.75 Å². The molecule has 0 saturated heterocycles. The van der Waals surface area contributed by atoms with Crippen molar-refractivity contribution in [2.75, 3.05) is 6.61 Å². The standard InChI is InChI=1S/C8H8ClN3O4/c9-5-1-2-6(12(14)15)7(3-5)16-4-8(10)11-13/h1-3,13H,4H2,(H2,10,11). The van der Waals surface area contributed by atoms with E-state index < -0.39 is 4.92 Å². The number of nitro benzene ring substituents is 1. The van der Waals surface area contributed by atoms with E-state index in [-0.39, 0.29) is 23.9 Å². The van der Waals surface area contributed by atoms with E-state index in [0.29, 0.717) is 5.02 Å². The van der Waals surface area contributed by atoms with Crippen LogP contribution in [0.4, 0.5) is 5.69 Å². The van der Waals surface area contributed by atoms with Gasteiger partial charge in [-0.1, -0.05) is 16.8 Å². The van der Waals surface area contributed by atoms with E-state index >= 15 is 0 Å². The number of oxime groups is 1. The Morgan fingerprint density at radius 3 is 2.94 bits per heavy atom. The number of ether oxygens (including phenoxy) is 1. The van der Waals surface area contributed by atoms with Crippen LogP contribution in [0.1, 0.15) is 0 Å². The minimum absolute atomic E-state index is 0.0379. The molecule has 1 rings (SSSR count). The van der Waals surface area contributed by atoms with Gasteiger partial charge in [-0.15, -0.1) is 0 Å². The summed E-state index contributed by atoms with van der Waals surface area (Å²) in [6, 6.07) is 3.87. The maximum Gasteiger partial charge on any atom is 0.311 e. The van der Waals surface area contributed by atoms with E-state index in [1.54, 1.807) is 0 Å². The minimum Gasteiger partial charge on any atom is -0.479 e. The Balaban J connectivity index is 2.92. The normalized spacial score (nSPS) is 11.2. The first-order chi connectivity index (χ1) is 7.54. The zero-order valence-corrected chi connectivity index (χ0v) is 8.72. The Bertz CT molecular complexity index is 435. The average molecular weight is 246 g/mol. The molecule has 0 bridgehead atoms. The molecule has 16 heavy (non-hydrogen) atoms. The summed E-state index contributed by atoms with van der Waals surface area (Å²) in [5, 5.41) is 21.8. The van der Waals surface area contributed by atoms with Crippen molar-refractivity contribution in [1.29, 1.82) is 0 Å². The van der Waals surface area contributed by atoms with Crippen LogP contribution < -0.4 is 10.5 Å². The van der Waals surface area contributed by atoms with Crippen LogP contribution in [-0.4, -0.2) is 22.6 Å². The summed E-state index contributed by atoms with van der Waals surface area (Å²) in [7, 11) is 0. The summed E-state index contributed by atoms with van der Waals surface area (Å²) in [4.78, 5) is 10.0. The van der Waals surface area contributed by atoms with Gasteiger partial charge >= 0.3 is 5.69 Å². The second kappa shape index (κ2) is 5.17. The van der Waals surface area contributed by atoms with Gasteiger partial charge in [0.05, 0.1) is 4.92 Å².